The molecule has 0 saturated carbocycles. The number of rotatable bonds is 4. The highest BCUT2D eigenvalue weighted by atomic mass is 35.5. The van der Waals surface area contributed by atoms with Gasteiger partial charge in [0.25, 0.3) is 5.91 Å². The summed E-state index contributed by atoms with van der Waals surface area (Å²) in [6.45, 7) is 2.59. The van der Waals surface area contributed by atoms with Crippen LogP contribution in [0.2, 0.25) is 10.0 Å². The van der Waals surface area contributed by atoms with E-state index in [2.05, 4.69) is 15.7 Å². The molecule has 1 fully saturated rings. The standard InChI is InChI=1S/C20H19Cl2F3N4O2/c1-10-17(19(30)26-9-12-3-2-6-31-12)18(11-4-5-13(21)14(22)7-11)29-16(27-10)8-15(28-29)20(23,24)25/h4-5,7-8,12,18,27H,2-3,6,9H2,1H3,(H,26,30). The van der Waals surface area contributed by atoms with Gasteiger partial charge in [-0.1, -0.05) is 29.3 Å². The van der Waals surface area contributed by atoms with Crippen LogP contribution in [0, 0.1) is 0 Å². The van der Waals surface area contributed by atoms with Gasteiger partial charge >= 0.3 is 6.18 Å². The van der Waals surface area contributed by atoms with Crippen molar-refractivity contribution in [1.82, 2.24) is 15.1 Å². The molecule has 6 nitrogen and oxygen atoms in total. The highest BCUT2D eigenvalue weighted by Gasteiger charge is 2.39. The summed E-state index contributed by atoms with van der Waals surface area (Å²) < 4.78 is 46.6. The number of nitrogens with one attached hydrogen (secondary N) is 2. The molecule has 1 amide bonds. The summed E-state index contributed by atoms with van der Waals surface area (Å²) in [5.74, 6) is -0.303. The van der Waals surface area contributed by atoms with Crippen LogP contribution in [-0.2, 0) is 15.7 Å². The molecule has 2 unspecified atom stereocenters. The number of alkyl halides is 3. The number of carbonyl (C=O) groups excluding carboxylic acids is 1. The maximum Gasteiger partial charge on any atom is 0.435 e. The average Bonchev–Trinajstić information content (AvgIpc) is 3.36. The van der Waals surface area contributed by atoms with E-state index in [0.29, 0.717) is 29.4 Å². The third kappa shape index (κ3) is 4.40. The van der Waals surface area contributed by atoms with Crippen LogP contribution in [0.3, 0.4) is 0 Å². The maximum absolute atomic E-state index is 13.3. The van der Waals surface area contributed by atoms with Crippen LogP contribution < -0.4 is 10.6 Å². The fourth-order valence-corrected chi connectivity index (χ4v) is 4.11. The van der Waals surface area contributed by atoms with Crippen LogP contribution in [0.5, 0.6) is 0 Å². The minimum absolute atomic E-state index is 0.0815. The number of allylic oxidation sites excluding steroid dienone is 1. The Morgan fingerprint density at radius 3 is 2.74 bits per heavy atom. The zero-order valence-corrected chi connectivity index (χ0v) is 17.9. The molecule has 3 heterocycles. The Hall–Kier alpha value is -2.23. The van der Waals surface area contributed by atoms with Gasteiger partial charge in [0.15, 0.2) is 5.69 Å². The predicted molar refractivity (Wildman–Crippen MR) is 110 cm³/mol. The minimum Gasteiger partial charge on any atom is -0.376 e. The van der Waals surface area contributed by atoms with E-state index in [1.807, 2.05) is 0 Å². The molecule has 2 aliphatic rings. The number of amides is 1. The van der Waals surface area contributed by atoms with E-state index in [1.54, 1.807) is 13.0 Å². The number of aromatic nitrogens is 2. The first-order valence-corrected chi connectivity index (χ1v) is 10.4. The average molecular weight is 475 g/mol. The first-order chi connectivity index (χ1) is 14.6. The van der Waals surface area contributed by atoms with Crippen LogP contribution in [0.1, 0.15) is 37.1 Å². The SMILES string of the molecule is CC1=C(C(=O)NCC2CCCO2)C(c2ccc(Cl)c(Cl)c2)n2nc(C(F)(F)F)cc2N1. The molecular weight excluding hydrogens is 456 g/mol. The van der Waals surface area contributed by atoms with Crippen LogP contribution in [0.4, 0.5) is 19.0 Å². The highest BCUT2D eigenvalue weighted by Crippen LogP contribution is 2.40. The van der Waals surface area contributed by atoms with Gasteiger partial charge in [-0.15, -0.1) is 0 Å². The molecule has 2 atom stereocenters. The van der Waals surface area contributed by atoms with Crippen molar-refractivity contribution in [2.45, 2.75) is 38.1 Å². The smallest absolute Gasteiger partial charge is 0.376 e. The molecule has 2 aliphatic heterocycles. The van der Waals surface area contributed by atoms with Gasteiger partial charge < -0.3 is 15.4 Å². The van der Waals surface area contributed by atoms with Gasteiger partial charge in [0.1, 0.15) is 11.9 Å². The Labute approximate surface area is 186 Å². The molecule has 11 heteroatoms. The molecule has 166 valence electrons. The van der Waals surface area contributed by atoms with Crippen LogP contribution >= 0.6 is 23.2 Å². The monoisotopic (exact) mass is 474 g/mol. The highest BCUT2D eigenvalue weighted by molar-refractivity contribution is 6.42. The number of benzene rings is 1. The normalized spacial score (nSPS) is 21.1. The van der Waals surface area contributed by atoms with Crippen molar-refractivity contribution in [2.24, 2.45) is 0 Å². The van der Waals surface area contributed by atoms with E-state index >= 15 is 0 Å². The van der Waals surface area contributed by atoms with Crippen molar-refractivity contribution >= 4 is 34.9 Å². The van der Waals surface area contributed by atoms with Crippen molar-refractivity contribution in [3.05, 3.63) is 56.8 Å². The third-order valence-electron chi connectivity index (χ3n) is 5.28. The number of nitrogens with zero attached hydrogens (tertiary/aromatic N) is 2. The van der Waals surface area contributed by atoms with Crippen LogP contribution in [0.25, 0.3) is 0 Å². The number of anilines is 1. The number of hydrogen-bond acceptors (Lipinski definition) is 4. The molecule has 4 rings (SSSR count). The molecule has 2 N–H and O–H groups in total. The number of carbonyl (C=O) groups is 1. The molecule has 0 aliphatic carbocycles. The van der Waals surface area contributed by atoms with Gasteiger partial charge in [0.2, 0.25) is 0 Å². The van der Waals surface area contributed by atoms with Gasteiger partial charge in [-0.3, -0.25) is 4.79 Å². The van der Waals surface area contributed by atoms with Crippen LogP contribution in [0.15, 0.2) is 35.5 Å². The number of ether oxygens (including phenoxy) is 1. The lowest BCUT2D eigenvalue weighted by Crippen LogP contribution is -2.38. The van der Waals surface area contributed by atoms with Gasteiger partial charge in [-0.25, -0.2) is 4.68 Å². The zero-order chi connectivity index (χ0) is 22.3. The van der Waals surface area contributed by atoms with Gasteiger partial charge in [-0.2, -0.15) is 18.3 Å². The minimum atomic E-state index is -4.63. The number of fused-ring (bicyclic) bond motifs is 1. The summed E-state index contributed by atoms with van der Waals surface area (Å²) in [6, 6.07) is 4.66. The van der Waals surface area contributed by atoms with Crippen molar-refractivity contribution in [2.75, 3.05) is 18.5 Å². The fourth-order valence-electron chi connectivity index (χ4n) is 3.80. The summed E-state index contributed by atoms with van der Waals surface area (Å²) in [6.07, 6.45) is -2.95. The zero-order valence-electron chi connectivity index (χ0n) is 16.4. The van der Waals surface area contributed by atoms with Crippen LogP contribution in [-0.4, -0.2) is 34.9 Å². The summed E-state index contributed by atoms with van der Waals surface area (Å²) in [7, 11) is 0. The van der Waals surface area contributed by atoms with Gasteiger partial charge in [0, 0.05) is 24.9 Å². The van der Waals surface area contributed by atoms with Gasteiger partial charge in [0.05, 0.1) is 21.7 Å². The Balaban J connectivity index is 1.74. The Morgan fingerprint density at radius 1 is 1.32 bits per heavy atom. The Kier molecular flexibility index (Phi) is 5.93. The van der Waals surface area contributed by atoms with Crippen molar-refractivity contribution < 1.29 is 22.7 Å². The van der Waals surface area contributed by atoms with Crippen molar-refractivity contribution in [3.8, 4) is 0 Å². The molecular formula is C20H19Cl2F3N4O2. The summed E-state index contributed by atoms with van der Waals surface area (Å²) in [4.78, 5) is 13.1. The molecule has 1 saturated heterocycles. The predicted octanol–water partition coefficient (Wildman–Crippen LogP) is 4.79. The first-order valence-electron chi connectivity index (χ1n) is 9.64. The molecule has 31 heavy (non-hydrogen) atoms. The quantitative estimate of drug-likeness (QED) is 0.668. The van der Waals surface area contributed by atoms with E-state index < -0.39 is 23.8 Å². The second kappa shape index (κ2) is 8.37. The Bertz CT molecular complexity index is 1050. The molecule has 2 aromatic rings. The maximum atomic E-state index is 13.3. The van der Waals surface area contributed by atoms with E-state index in [4.69, 9.17) is 27.9 Å². The summed E-state index contributed by atoms with van der Waals surface area (Å²) in [5, 5.41) is 9.97. The van der Waals surface area contributed by atoms with E-state index in [1.165, 1.54) is 12.1 Å². The van der Waals surface area contributed by atoms with Crippen molar-refractivity contribution in [1.29, 1.82) is 0 Å². The summed E-state index contributed by atoms with van der Waals surface area (Å²) >= 11 is 12.2. The Morgan fingerprint density at radius 2 is 2.10 bits per heavy atom. The summed E-state index contributed by atoms with van der Waals surface area (Å²) in [5.41, 5.74) is 0.0761. The fraction of sp³-hybridized carbons (Fsp3) is 0.400. The number of halogens is 5. The molecule has 0 spiro atoms. The lowest BCUT2D eigenvalue weighted by Gasteiger charge is -2.30. The van der Waals surface area contributed by atoms with E-state index in [0.717, 1.165) is 23.6 Å². The first kappa shape index (κ1) is 22.0. The topological polar surface area (TPSA) is 68.2 Å². The van der Waals surface area contributed by atoms with Gasteiger partial charge in [-0.05, 0) is 37.5 Å². The third-order valence-corrected chi connectivity index (χ3v) is 6.02. The molecule has 0 radical (unpaired) electrons. The van der Waals surface area contributed by atoms with E-state index in [-0.39, 0.29) is 22.5 Å². The molecule has 1 aromatic carbocycles. The second-order valence-corrected chi connectivity index (χ2v) is 8.26. The van der Waals surface area contributed by atoms with E-state index in [9.17, 15) is 18.0 Å². The molecule has 1 aromatic heterocycles. The van der Waals surface area contributed by atoms with Crippen molar-refractivity contribution in [3.63, 3.8) is 0 Å². The largest absolute Gasteiger partial charge is 0.435 e. The second-order valence-electron chi connectivity index (χ2n) is 7.44. The molecule has 0 bridgehead atoms. The lowest BCUT2D eigenvalue weighted by molar-refractivity contribution is -0.141. The lowest BCUT2D eigenvalue weighted by atomic mass is 9.94. The number of hydrogen-bond donors (Lipinski definition) is 2.